The van der Waals surface area contributed by atoms with Gasteiger partial charge in [-0.1, -0.05) is 6.07 Å². The molecule has 3 amide bonds. The Labute approximate surface area is 183 Å². The molecule has 32 heavy (non-hydrogen) atoms. The highest BCUT2D eigenvalue weighted by molar-refractivity contribution is 5.95. The Morgan fingerprint density at radius 3 is 2.31 bits per heavy atom. The fourth-order valence-electron chi connectivity index (χ4n) is 2.56. The maximum absolute atomic E-state index is 12.5. The van der Waals surface area contributed by atoms with Crippen molar-refractivity contribution in [2.45, 2.75) is 19.6 Å². The van der Waals surface area contributed by atoms with Crippen LogP contribution in [-0.4, -0.2) is 45.3 Å². The fraction of sp³-hybridized carbons (Fsp3) is 0.286. The maximum Gasteiger partial charge on any atom is 0.387 e. The van der Waals surface area contributed by atoms with Gasteiger partial charge < -0.3 is 30.2 Å². The third-order valence-electron chi connectivity index (χ3n) is 4.14. The number of ether oxygens (including phenoxy) is 3. The van der Waals surface area contributed by atoms with Crippen LogP contribution < -0.4 is 25.4 Å². The normalized spacial score (nSPS) is 10.3. The van der Waals surface area contributed by atoms with Crippen molar-refractivity contribution in [3.8, 4) is 11.5 Å². The number of rotatable bonds is 10. The first kappa shape index (κ1) is 24.4. The standard InChI is InChI=1S/C21H23F2N3O6/c1-30-16-8-3-13(11-17(16)32-20(22)23)12-25-21(29)26-15-6-4-14(5-7-15)19(28)24-10-9-18(27)31-2/h3-8,11,20H,9-10,12H2,1-2H3,(H,24,28)(H2,25,26,29). The fourth-order valence-corrected chi connectivity index (χ4v) is 2.56. The molecule has 0 aromatic heterocycles. The number of anilines is 1. The van der Waals surface area contributed by atoms with Crippen molar-refractivity contribution in [1.82, 2.24) is 10.6 Å². The molecule has 0 radical (unpaired) electrons. The van der Waals surface area contributed by atoms with Gasteiger partial charge in [-0.3, -0.25) is 9.59 Å². The molecule has 9 nitrogen and oxygen atoms in total. The number of hydrogen-bond donors (Lipinski definition) is 3. The van der Waals surface area contributed by atoms with E-state index in [1.807, 2.05) is 0 Å². The van der Waals surface area contributed by atoms with Gasteiger partial charge in [0, 0.05) is 24.3 Å². The second-order valence-electron chi connectivity index (χ2n) is 6.33. The van der Waals surface area contributed by atoms with Crippen molar-refractivity contribution in [1.29, 1.82) is 0 Å². The van der Waals surface area contributed by atoms with Crippen molar-refractivity contribution < 1.29 is 37.4 Å². The van der Waals surface area contributed by atoms with Gasteiger partial charge in [0.15, 0.2) is 11.5 Å². The predicted octanol–water partition coefficient (Wildman–Crippen LogP) is 2.91. The molecule has 0 heterocycles. The SMILES string of the molecule is COC(=O)CCNC(=O)c1ccc(NC(=O)NCc2ccc(OC)c(OC(F)F)c2)cc1. The number of halogens is 2. The predicted molar refractivity (Wildman–Crippen MR) is 111 cm³/mol. The molecule has 3 N–H and O–H groups in total. The maximum atomic E-state index is 12.5. The topological polar surface area (TPSA) is 115 Å². The van der Waals surface area contributed by atoms with Crippen LogP contribution in [0, 0.1) is 0 Å². The van der Waals surface area contributed by atoms with E-state index in [0.717, 1.165) is 0 Å². The molecule has 0 saturated carbocycles. The molecular formula is C21H23F2N3O6. The third-order valence-corrected chi connectivity index (χ3v) is 4.14. The van der Waals surface area contributed by atoms with E-state index < -0.39 is 18.6 Å². The minimum atomic E-state index is -3.01. The molecule has 0 aliphatic heterocycles. The van der Waals surface area contributed by atoms with E-state index in [1.54, 1.807) is 6.07 Å². The number of nitrogens with one attached hydrogen (secondary N) is 3. The number of alkyl halides is 2. The Bertz CT molecular complexity index is 938. The van der Waals surface area contributed by atoms with Crippen LogP contribution in [0.25, 0.3) is 0 Å². The summed E-state index contributed by atoms with van der Waals surface area (Å²) in [7, 11) is 2.60. The summed E-state index contributed by atoms with van der Waals surface area (Å²) >= 11 is 0. The first-order valence-electron chi connectivity index (χ1n) is 9.44. The van der Waals surface area contributed by atoms with E-state index in [9.17, 15) is 23.2 Å². The molecule has 0 atom stereocenters. The molecule has 0 spiro atoms. The number of hydrogen-bond acceptors (Lipinski definition) is 6. The van der Waals surface area contributed by atoms with Crippen LogP contribution in [-0.2, 0) is 16.1 Å². The molecule has 2 aromatic rings. The van der Waals surface area contributed by atoms with Crippen LogP contribution in [0.2, 0.25) is 0 Å². The first-order valence-corrected chi connectivity index (χ1v) is 9.44. The van der Waals surface area contributed by atoms with Crippen molar-refractivity contribution in [3.05, 3.63) is 53.6 Å². The van der Waals surface area contributed by atoms with E-state index in [2.05, 4.69) is 25.4 Å². The van der Waals surface area contributed by atoms with Gasteiger partial charge in [-0.15, -0.1) is 0 Å². The van der Waals surface area contributed by atoms with Gasteiger partial charge in [-0.25, -0.2) is 4.79 Å². The molecule has 2 aromatic carbocycles. The lowest BCUT2D eigenvalue weighted by Crippen LogP contribution is -2.28. The number of urea groups is 1. The smallest absolute Gasteiger partial charge is 0.387 e. The quantitative estimate of drug-likeness (QED) is 0.479. The lowest BCUT2D eigenvalue weighted by molar-refractivity contribution is -0.140. The van der Waals surface area contributed by atoms with Gasteiger partial charge >= 0.3 is 18.6 Å². The Balaban J connectivity index is 1.85. The van der Waals surface area contributed by atoms with E-state index >= 15 is 0 Å². The molecule has 0 aliphatic rings. The van der Waals surface area contributed by atoms with Crippen LogP contribution in [0.4, 0.5) is 19.3 Å². The average Bonchev–Trinajstić information content (AvgIpc) is 2.77. The van der Waals surface area contributed by atoms with Gasteiger partial charge in [0.1, 0.15) is 0 Å². The molecule has 0 aliphatic carbocycles. The lowest BCUT2D eigenvalue weighted by atomic mass is 10.2. The molecule has 11 heteroatoms. The highest BCUT2D eigenvalue weighted by Crippen LogP contribution is 2.29. The summed E-state index contributed by atoms with van der Waals surface area (Å²) in [5, 5.41) is 7.77. The summed E-state index contributed by atoms with van der Waals surface area (Å²) in [4.78, 5) is 35.2. The zero-order valence-corrected chi connectivity index (χ0v) is 17.4. The van der Waals surface area contributed by atoms with Gasteiger partial charge in [0.05, 0.1) is 20.6 Å². The molecule has 0 fully saturated rings. The number of benzene rings is 2. The summed E-state index contributed by atoms with van der Waals surface area (Å²) in [6, 6.07) is 9.98. The Kier molecular flexibility index (Phi) is 9.21. The summed E-state index contributed by atoms with van der Waals surface area (Å²) in [5.41, 5.74) is 1.31. The Morgan fingerprint density at radius 1 is 0.969 bits per heavy atom. The summed E-state index contributed by atoms with van der Waals surface area (Å²) < 4.78 is 38.9. The molecule has 0 bridgehead atoms. The highest BCUT2D eigenvalue weighted by Gasteiger charge is 2.12. The lowest BCUT2D eigenvalue weighted by Gasteiger charge is -2.12. The van der Waals surface area contributed by atoms with Crippen molar-refractivity contribution in [2.75, 3.05) is 26.1 Å². The molecular weight excluding hydrogens is 428 g/mol. The van der Waals surface area contributed by atoms with E-state index in [4.69, 9.17) is 4.74 Å². The Hall–Kier alpha value is -3.89. The number of amides is 3. The number of carbonyl (C=O) groups excluding carboxylic acids is 3. The number of carbonyl (C=O) groups is 3. The van der Waals surface area contributed by atoms with Crippen molar-refractivity contribution in [2.24, 2.45) is 0 Å². The summed E-state index contributed by atoms with van der Waals surface area (Å²) in [6.45, 7) is -2.81. The average molecular weight is 451 g/mol. The van der Waals surface area contributed by atoms with Gasteiger partial charge in [0.2, 0.25) is 0 Å². The van der Waals surface area contributed by atoms with Crippen LogP contribution in [0.5, 0.6) is 11.5 Å². The first-order chi connectivity index (χ1) is 15.3. The van der Waals surface area contributed by atoms with Crippen molar-refractivity contribution >= 4 is 23.6 Å². The monoisotopic (exact) mass is 451 g/mol. The van der Waals surface area contributed by atoms with Gasteiger partial charge in [-0.05, 0) is 42.0 Å². The van der Waals surface area contributed by atoms with Crippen molar-refractivity contribution in [3.63, 3.8) is 0 Å². The molecule has 172 valence electrons. The largest absolute Gasteiger partial charge is 0.493 e. The molecule has 2 rings (SSSR count). The highest BCUT2D eigenvalue weighted by atomic mass is 19.3. The van der Waals surface area contributed by atoms with Crippen LogP contribution in [0.15, 0.2) is 42.5 Å². The van der Waals surface area contributed by atoms with Crippen LogP contribution in [0.3, 0.4) is 0 Å². The van der Waals surface area contributed by atoms with Crippen LogP contribution in [0.1, 0.15) is 22.3 Å². The third kappa shape index (κ3) is 7.74. The van der Waals surface area contributed by atoms with E-state index in [-0.39, 0.29) is 36.9 Å². The zero-order valence-electron chi connectivity index (χ0n) is 17.4. The van der Waals surface area contributed by atoms with E-state index in [0.29, 0.717) is 16.8 Å². The minimum absolute atomic E-state index is 0.0517. The van der Waals surface area contributed by atoms with E-state index in [1.165, 1.54) is 50.6 Å². The molecule has 0 unspecified atom stereocenters. The summed E-state index contributed by atoms with van der Waals surface area (Å²) in [5.74, 6) is -0.787. The van der Waals surface area contributed by atoms with Gasteiger partial charge in [0.25, 0.3) is 5.91 Å². The summed E-state index contributed by atoms with van der Waals surface area (Å²) in [6.07, 6.45) is 0.0615. The minimum Gasteiger partial charge on any atom is -0.493 e. The second-order valence-corrected chi connectivity index (χ2v) is 6.33. The van der Waals surface area contributed by atoms with Crippen LogP contribution >= 0.6 is 0 Å². The zero-order chi connectivity index (χ0) is 23.5. The Morgan fingerprint density at radius 2 is 1.69 bits per heavy atom. The number of methoxy groups -OCH3 is 2. The number of esters is 1. The van der Waals surface area contributed by atoms with Gasteiger partial charge in [-0.2, -0.15) is 8.78 Å². The second kappa shape index (κ2) is 12.1. The molecule has 0 saturated heterocycles.